The van der Waals surface area contributed by atoms with Crippen molar-refractivity contribution in [1.29, 1.82) is 0 Å². The number of fused-ring (bicyclic) bond motifs is 4. The first-order valence-electron chi connectivity index (χ1n) is 11.6. The monoisotopic (exact) mass is 400 g/mol. The van der Waals surface area contributed by atoms with Crippen LogP contribution in [0.25, 0.3) is 10.9 Å². The standard InChI is InChI=1S/C27H32N2O/c1-18-5-3-8-23-24-14-21-17-29(16-19-9-10-19)12-11-27(21,15-25(24)28(2)26(18)23)20-6-4-7-22(30)13-20/h3-8,13,19,21,30H,9-12,14-17H2,1-2H3. The number of phenols is 1. The highest BCUT2D eigenvalue weighted by atomic mass is 16.3. The SMILES string of the molecule is Cc1cccc2c3c(n(C)c12)CC1(c2cccc(O)c2)CCN(CC2CC2)CC1C3. The van der Waals surface area contributed by atoms with Crippen LogP contribution >= 0.6 is 0 Å². The largest absolute Gasteiger partial charge is 0.508 e. The molecule has 0 spiro atoms. The van der Waals surface area contributed by atoms with Gasteiger partial charge in [0.25, 0.3) is 0 Å². The molecule has 3 aromatic rings. The highest BCUT2D eigenvalue weighted by Gasteiger charge is 2.49. The smallest absolute Gasteiger partial charge is 0.115 e. The van der Waals surface area contributed by atoms with Gasteiger partial charge in [0.1, 0.15) is 5.75 Å². The van der Waals surface area contributed by atoms with Gasteiger partial charge in [-0.25, -0.2) is 0 Å². The van der Waals surface area contributed by atoms with E-state index in [0.29, 0.717) is 11.7 Å². The summed E-state index contributed by atoms with van der Waals surface area (Å²) in [5.74, 6) is 1.95. The normalized spacial score (nSPS) is 26.5. The lowest BCUT2D eigenvalue weighted by atomic mass is 9.58. The van der Waals surface area contributed by atoms with Gasteiger partial charge in [-0.3, -0.25) is 0 Å². The summed E-state index contributed by atoms with van der Waals surface area (Å²) in [7, 11) is 2.26. The fourth-order valence-electron chi connectivity index (χ4n) is 6.60. The minimum Gasteiger partial charge on any atom is -0.508 e. The molecule has 0 radical (unpaired) electrons. The fourth-order valence-corrected chi connectivity index (χ4v) is 6.60. The molecule has 3 heteroatoms. The van der Waals surface area contributed by atoms with E-state index in [1.54, 1.807) is 5.56 Å². The number of benzene rings is 2. The predicted octanol–water partition coefficient (Wildman–Crippen LogP) is 4.96. The summed E-state index contributed by atoms with van der Waals surface area (Å²) >= 11 is 0. The third-order valence-corrected chi connectivity index (χ3v) is 8.35. The van der Waals surface area contributed by atoms with Gasteiger partial charge in [0.2, 0.25) is 0 Å². The molecule has 6 rings (SSSR count). The highest BCUT2D eigenvalue weighted by Crippen LogP contribution is 2.50. The first kappa shape index (κ1) is 18.5. The van der Waals surface area contributed by atoms with Gasteiger partial charge in [0.05, 0.1) is 5.52 Å². The van der Waals surface area contributed by atoms with Gasteiger partial charge in [0, 0.05) is 36.6 Å². The molecule has 1 saturated carbocycles. The summed E-state index contributed by atoms with van der Waals surface area (Å²) in [6.07, 6.45) is 6.26. The Hall–Kier alpha value is -2.26. The quantitative estimate of drug-likeness (QED) is 0.673. The predicted molar refractivity (Wildman–Crippen MR) is 122 cm³/mol. The highest BCUT2D eigenvalue weighted by molar-refractivity contribution is 5.88. The number of para-hydroxylation sites is 1. The molecule has 0 bridgehead atoms. The van der Waals surface area contributed by atoms with Gasteiger partial charge < -0.3 is 14.6 Å². The average Bonchev–Trinajstić information content (AvgIpc) is 3.51. The van der Waals surface area contributed by atoms with Crippen LogP contribution in [0.2, 0.25) is 0 Å². The Labute approximate surface area is 179 Å². The van der Waals surface area contributed by atoms with Crippen molar-refractivity contribution >= 4 is 10.9 Å². The third-order valence-electron chi connectivity index (χ3n) is 8.35. The van der Waals surface area contributed by atoms with Crippen LogP contribution in [0, 0.1) is 18.8 Å². The number of phenolic OH excluding ortho intramolecular Hbond substituents is 1. The van der Waals surface area contributed by atoms with Crippen molar-refractivity contribution in [2.24, 2.45) is 18.9 Å². The van der Waals surface area contributed by atoms with Crippen LogP contribution in [0.3, 0.4) is 0 Å². The van der Waals surface area contributed by atoms with Gasteiger partial charge in [-0.2, -0.15) is 0 Å². The van der Waals surface area contributed by atoms with E-state index in [4.69, 9.17) is 0 Å². The third kappa shape index (κ3) is 2.75. The number of piperidine rings is 1. The minimum atomic E-state index is 0.127. The molecule has 1 aromatic heterocycles. The fraction of sp³-hybridized carbons (Fsp3) is 0.481. The maximum Gasteiger partial charge on any atom is 0.115 e. The molecule has 2 unspecified atom stereocenters. The summed E-state index contributed by atoms with van der Waals surface area (Å²) in [5.41, 5.74) is 7.32. The molecule has 2 heterocycles. The van der Waals surface area contributed by atoms with E-state index in [1.807, 2.05) is 18.2 Å². The zero-order chi connectivity index (χ0) is 20.5. The Morgan fingerprint density at radius 1 is 1.13 bits per heavy atom. The molecule has 2 aromatic carbocycles. The molecule has 2 atom stereocenters. The summed E-state index contributed by atoms with van der Waals surface area (Å²) in [4.78, 5) is 2.74. The van der Waals surface area contributed by atoms with Crippen LogP contribution < -0.4 is 0 Å². The number of aromatic hydroxyl groups is 1. The van der Waals surface area contributed by atoms with Gasteiger partial charge in [0.15, 0.2) is 0 Å². The molecular formula is C27H32N2O. The topological polar surface area (TPSA) is 28.4 Å². The molecule has 30 heavy (non-hydrogen) atoms. The van der Waals surface area contributed by atoms with Crippen LogP contribution in [-0.2, 0) is 25.3 Å². The van der Waals surface area contributed by atoms with Crippen molar-refractivity contribution in [2.75, 3.05) is 19.6 Å². The lowest BCUT2D eigenvalue weighted by Crippen LogP contribution is -2.54. The van der Waals surface area contributed by atoms with E-state index in [0.717, 1.165) is 18.8 Å². The second-order valence-corrected chi connectivity index (χ2v) is 10.2. The van der Waals surface area contributed by atoms with E-state index >= 15 is 0 Å². The van der Waals surface area contributed by atoms with E-state index in [9.17, 15) is 5.11 Å². The Bertz CT molecular complexity index is 1130. The maximum atomic E-state index is 10.3. The lowest BCUT2D eigenvalue weighted by molar-refractivity contribution is 0.0776. The van der Waals surface area contributed by atoms with Crippen LogP contribution in [0.15, 0.2) is 42.5 Å². The maximum absolute atomic E-state index is 10.3. The molecular weight excluding hydrogens is 368 g/mol. The van der Waals surface area contributed by atoms with Crippen molar-refractivity contribution < 1.29 is 5.11 Å². The Morgan fingerprint density at radius 2 is 1.97 bits per heavy atom. The van der Waals surface area contributed by atoms with Gasteiger partial charge in [-0.1, -0.05) is 30.3 Å². The van der Waals surface area contributed by atoms with Gasteiger partial charge in [-0.15, -0.1) is 0 Å². The first-order valence-corrected chi connectivity index (χ1v) is 11.6. The summed E-state index contributed by atoms with van der Waals surface area (Å²) in [6.45, 7) is 5.89. The van der Waals surface area contributed by atoms with E-state index in [2.05, 4.69) is 47.7 Å². The molecule has 2 aliphatic carbocycles. The number of aryl methyl sites for hydroxylation is 2. The summed E-state index contributed by atoms with van der Waals surface area (Å²) in [6, 6.07) is 14.9. The molecule has 3 nitrogen and oxygen atoms in total. The molecule has 1 aliphatic heterocycles. The summed E-state index contributed by atoms with van der Waals surface area (Å²) < 4.78 is 2.47. The van der Waals surface area contributed by atoms with Crippen LogP contribution in [0.5, 0.6) is 5.75 Å². The number of rotatable bonds is 3. The second kappa shape index (κ2) is 6.62. The second-order valence-electron chi connectivity index (χ2n) is 10.2. The molecule has 2 fully saturated rings. The summed E-state index contributed by atoms with van der Waals surface area (Å²) in [5, 5.41) is 11.7. The van der Waals surface area contributed by atoms with Gasteiger partial charge >= 0.3 is 0 Å². The van der Waals surface area contributed by atoms with Crippen molar-refractivity contribution in [3.63, 3.8) is 0 Å². The molecule has 156 valence electrons. The Kier molecular flexibility index (Phi) is 4.08. The van der Waals surface area contributed by atoms with E-state index in [-0.39, 0.29) is 5.41 Å². The number of aromatic nitrogens is 1. The number of hydrogen-bond acceptors (Lipinski definition) is 2. The minimum absolute atomic E-state index is 0.127. The number of likely N-dealkylation sites (tertiary alicyclic amines) is 1. The van der Waals surface area contributed by atoms with Crippen molar-refractivity contribution in [1.82, 2.24) is 9.47 Å². The van der Waals surface area contributed by atoms with Gasteiger partial charge in [-0.05, 0) is 86.2 Å². The number of hydrogen-bond donors (Lipinski definition) is 1. The van der Waals surface area contributed by atoms with Crippen LogP contribution in [0.1, 0.15) is 41.6 Å². The van der Waals surface area contributed by atoms with Crippen molar-refractivity contribution in [3.05, 3.63) is 64.8 Å². The average molecular weight is 401 g/mol. The Morgan fingerprint density at radius 3 is 2.77 bits per heavy atom. The zero-order valence-electron chi connectivity index (χ0n) is 18.2. The van der Waals surface area contributed by atoms with Crippen LogP contribution in [-0.4, -0.2) is 34.2 Å². The molecule has 1 saturated heterocycles. The van der Waals surface area contributed by atoms with Crippen molar-refractivity contribution in [3.8, 4) is 5.75 Å². The molecule has 3 aliphatic rings. The number of nitrogens with zero attached hydrogens (tertiary/aromatic N) is 2. The molecule has 0 amide bonds. The van der Waals surface area contributed by atoms with E-state index < -0.39 is 0 Å². The zero-order valence-corrected chi connectivity index (χ0v) is 18.2. The lowest BCUT2D eigenvalue weighted by Gasteiger charge is -2.51. The van der Waals surface area contributed by atoms with Crippen LogP contribution in [0.4, 0.5) is 0 Å². The first-order chi connectivity index (χ1) is 14.5. The Balaban J connectivity index is 1.49. The molecule has 1 N–H and O–H groups in total. The van der Waals surface area contributed by atoms with Crippen molar-refractivity contribution in [2.45, 2.75) is 44.4 Å². The van der Waals surface area contributed by atoms with E-state index in [1.165, 1.54) is 66.6 Å².